The Balaban J connectivity index is 1.32. The van der Waals surface area contributed by atoms with Gasteiger partial charge in [-0.15, -0.1) is 0 Å². The highest BCUT2D eigenvalue weighted by atomic mass is 16.2. The van der Waals surface area contributed by atoms with Crippen molar-refractivity contribution in [2.24, 2.45) is 0 Å². The topological polar surface area (TPSA) is 97.9 Å². The molecular weight excluding hydrogens is 420 g/mol. The average Bonchev–Trinajstić information content (AvgIpc) is 2.81. The van der Waals surface area contributed by atoms with Crippen LogP contribution in [0.3, 0.4) is 0 Å². The molecule has 4 rings (SSSR count). The summed E-state index contributed by atoms with van der Waals surface area (Å²) in [4.78, 5) is 48.5. The highest BCUT2D eigenvalue weighted by Crippen LogP contribution is 2.16. The lowest BCUT2D eigenvalue weighted by molar-refractivity contribution is -0.145. The van der Waals surface area contributed by atoms with Crippen LogP contribution in [0.4, 0.5) is 11.5 Å². The van der Waals surface area contributed by atoms with Crippen molar-refractivity contribution in [2.75, 3.05) is 56.0 Å². The summed E-state index contributed by atoms with van der Waals surface area (Å²) in [7, 11) is 0. The number of aryl methyl sites for hydroxylation is 1. The second-order valence-electron chi connectivity index (χ2n) is 8.47. The molecule has 0 spiro atoms. The van der Waals surface area contributed by atoms with E-state index in [0.717, 1.165) is 37.6 Å². The van der Waals surface area contributed by atoms with Crippen LogP contribution < -0.4 is 15.5 Å². The summed E-state index contributed by atoms with van der Waals surface area (Å²) in [6.45, 7) is 6.02. The van der Waals surface area contributed by atoms with E-state index in [1.54, 1.807) is 17.2 Å². The predicted molar refractivity (Wildman–Crippen MR) is 126 cm³/mol. The van der Waals surface area contributed by atoms with Crippen LogP contribution >= 0.6 is 0 Å². The predicted octanol–water partition coefficient (Wildman–Crippen LogP) is 0.868. The first kappa shape index (κ1) is 22.7. The number of amides is 3. The summed E-state index contributed by atoms with van der Waals surface area (Å²) in [5.41, 5.74) is 1.71. The van der Waals surface area contributed by atoms with Gasteiger partial charge in [0.2, 0.25) is 17.7 Å². The molecule has 33 heavy (non-hydrogen) atoms. The minimum atomic E-state index is -0.800. The van der Waals surface area contributed by atoms with Gasteiger partial charge in [0.05, 0.1) is 13.0 Å². The highest BCUT2D eigenvalue weighted by Gasteiger charge is 2.35. The fourth-order valence-corrected chi connectivity index (χ4v) is 4.28. The zero-order chi connectivity index (χ0) is 23.2. The molecule has 0 saturated carbocycles. The first-order valence-electron chi connectivity index (χ1n) is 11.3. The quantitative estimate of drug-likeness (QED) is 0.678. The van der Waals surface area contributed by atoms with Gasteiger partial charge in [0.1, 0.15) is 11.9 Å². The second-order valence-corrected chi connectivity index (χ2v) is 8.47. The Kier molecular flexibility index (Phi) is 7.19. The Bertz CT molecular complexity index is 991. The molecular formula is C24H30N6O3. The van der Waals surface area contributed by atoms with Gasteiger partial charge in [-0.3, -0.25) is 19.3 Å². The maximum atomic E-state index is 13.1. The van der Waals surface area contributed by atoms with Crippen LogP contribution in [0.15, 0.2) is 48.7 Å². The Morgan fingerprint density at radius 2 is 1.91 bits per heavy atom. The molecule has 3 heterocycles. The molecule has 0 unspecified atom stereocenters. The zero-order valence-corrected chi connectivity index (χ0v) is 18.9. The number of piperazine rings is 2. The minimum absolute atomic E-state index is 0.0705. The molecule has 0 aliphatic carbocycles. The van der Waals surface area contributed by atoms with E-state index >= 15 is 0 Å². The Morgan fingerprint density at radius 1 is 1.09 bits per heavy atom. The Labute approximate surface area is 193 Å². The fraction of sp³-hybridized carbons (Fsp3) is 0.417. The number of pyridine rings is 1. The van der Waals surface area contributed by atoms with Crippen molar-refractivity contribution >= 4 is 29.2 Å². The van der Waals surface area contributed by atoms with E-state index in [2.05, 4.69) is 25.4 Å². The van der Waals surface area contributed by atoms with Gasteiger partial charge in [0.15, 0.2) is 0 Å². The van der Waals surface area contributed by atoms with Gasteiger partial charge in [-0.1, -0.05) is 18.2 Å². The highest BCUT2D eigenvalue weighted by molar-refractivity contribution is 5.97. The zero-order valence-electron chi connectivity index (χ0n) is 18.9. The van der Waals surface area contributed by atoms with Crippen molar-refractivity contribution in [2.45, 2.75) is 19.4 Å². The molecule has 2 fully saturated rings. The van der Waals surface area contributed by atoms with Crippen molar-refractivity contribution < 1.29 is 14.4 Å². The number of hydrogen-bond donors (Lipinski definition) is 2. The number of rotatable bonds is 6. The van der Waals surface area contributed by atoms with E-state index < -0.39 is 6.04 Å². The summed E-state index contributed by atoms with van der Waals surface area (Å²) in [6.07, 6.45) is 1.71. The molecule has 3 amide bonds. The maximum absolute atomic E-state index is 13.1. The smallest absolute Gasteiger partial charge is 0.243 e. The van der Waals surface area contributed by atoms with E-state index in [9.17, 15) is 14.4 Å². The van der Waals surface area contributed by atoms with Gasteiger partial charge in [-0.25, -0.2) is 4.98 Å². The summed E-state index contributed by atoms with van der Waals surface area (Å²) in [5.74, 6) is 0.249. The summed E-state index contributed by atoms with van der Waals surface area (Å²) < 4.78 is 0. The van der Waals surface area contributed by atoms with Crippen LogP contribution in [-0.4, -0.2) is 84.4 Å². The van der Waals surface area contributed by atoms with Gasteiger partial charge < -0.3 is 20.4 Å². The van der Waals surface area contributed by atoms with Crippen LogP contribution in [0.25, 0.3) is 0 Å². The first-order valence-corrected chi connectivity index (χ1v) is 11.3. The summed E-state index contributed by atoms with van der Waals surface area (Å²) in [5, 5.41) is 5.62. The SMILES string of the molecule is Cc1cccc(NC(=O)C[C@H]2C(=O)NCCN2C(=O)CN2CCN(c3ccccn3)CC2)c1. The molecule has 2 saturated heterocycles. The molecule has 0 radical (unpaired) electrons. The number of carbonyl (C=O) groups excluding carboxylic acids is 3. The Morgan fingerprint density at radius 3 is 2.64 bits per heavy atom. The molecule has 1 aromatic carbocycles. The normalized spacial score (nSPS) is 19.2. The molecule has 1 aromatic heterocycles. The third-order valence-corrected chi connectivity index (χ3v) is 6.04. The van der Waals surface area contributed by atoms with E-state index in [0.29, 0.717) is 18.8 Å². The van der Waals surface area contributed by atoms with Gasteiger partial charge >= 0.3 is 0 Å². The standard InChI is InChI=1S/C24H30N6O3/c1-18-5-4-6-19(15-18)27-22(31)16-20-24(33)26-9-10-30(20)23(32)17-28-11-13-29(14-12-28)21-7-2-3-8-25-21/h2-8,15,20H,9-14,16-17H2,1H3,(H,26,33)(H,27,31)/t20-/m0/s1. The molecule has 2 aliphatic rings. The number of anilines is 2. The number of hydrogen-bond acceptors (Lipinski definition) is 6. The number of benzene rings is 1. The minimum Gasteiger partial charge on any atom is -0.354 e. The third kappa shape index (κ3) is 5.87. The third-order valence-electron chi connectivity index (χ3n) is 6.04. The molecule has 2 aliphatic heterocycles. The van der Waals surface area contributed by atoms with E-state index in [4.69, 9.17) is 0 Å². The van der Waals surface area contributed by atoms with E-state index in [-0.39, 0.29) is 30.7 Å². The summed E-state index contributed by atoms with van der Waals surface area (Å²) in [6, 6.07) is 12.5. The van der Waals surface area contributed by atoms with Crippen LogP contribution in [0.2, 0.25) is 0 Å². The number of carbonyl (C=O) groups is 3. The number of nitrogens with one attached hydrogen (secondary N) is 2. The lowest BCUT2D eigenvalue weighted by Crippen LogP contribution is -2.60. The van der Waals surface area contributed by atoms with Crippen molar-refractivity contribution in [3.63, 3.8) is 0 Å². The van der Waals surface area contributed by atoms with Crippen LogP contribution in [-0.2, 0) is 14.4 Å². The van der Waals surface area contributed by atoms with E-state index in [1.807, 2.05) is 43.3 Å². The Hall–Kier alpha value is -3.46. The molecule has 174 valence electrons. The average molecular weight is 451 g/mol. The van der Waals surface area contributed by atoms with Crippen molar-refractivity contribution in [3.05, 3.63) is 54.2 Å². The van der Waals surface area contributed by atoms with Crippen molar-refractivity contribution in [3.8, 4) is 0 Å². The molecule has 2 N–H and O–H groups in total. The second kappa shape index (κ2) is 10.4. The number of aromatic nitrogens is 1. The summed E-state index contributed by atoms with van der Waals surface area (Å²) >= 11 is 0. The largest absolute Gasteiger partial charge is 0.354 e. The molecule has 2 aromatic rings. The van der Waals surface area contributed by atoms with E-state index in [1.165, 1.54) is 0 Å². The van der Waals surface area contributed by atoms with Crippen LogP contribution in [0.1, 0.15) is 12.0 Å². The van der Waals surface area contributed by atoms with Gasteiger partial charge in [-0.2, -0.15) is 0 Å². The van der Waals surface area contributed by atoms with Crippen molar-refractivity contribution in [1.29, 1.82) is 0 Å². The van der Waals surface area contributed by atoms with Gasteiger partial charge in [0, 0.05) is 51.2 Å². The number of nitrogens with zero attached hydrogens (tertiary/aromatic N) is 4. The van der Waals surface area contributed by atoms with Crippen molar-refractivity contribution in [1.82, 2.24) is 20.1 Å². The lowest BCUT2D eigenvalue weighted by atomic mass is 10.1. The first-order chi connectivity index (χ1) is 16.0. The lowest BCUT2D eigenvalue weighted by Gasteiger charge is -2.38. The van der Waals surface area contributed by atoms with Crippen LogP contribution in [0, 0.1) is 6.92 Å². The molecule has 0 bridgehead atoms. The fourth-order valence-electron chi connectivity index (χ4n) is 4.28. The maximum Gasteiger partial charge on any atom is 0.243 e. The monoisotopic (exact) mass is 450 g/mol. The van der Waals surface area contributed by atoms with Gasteiger partial charge in [0.25, 0.3) is 0 Å². The van der Waals surface area contributed by atoms with Gasteiger partial charge in [-0.05, 0) is 36.8 Å². The molecule has 9 heteroatoms. The molecule has 9 nitrogen and oxygen atoms in total. The van der Waals surface area contributed by atoms with Crippen LogP contribution in [0.5, 0.6) is 0 Å². The molecule has 1 atom stereocenters.